The molecule has 2 amide bonds. The molecule has 0 aliphatic heterocycles. The highest BCUT2D eigenvalue weighted by atomic mass is 16.3. The highest BCUT2D eigenvalue weighted by Crippen LogP contribution is 2.20. The van der Waals surface area contributed by atoms with Gasteiger partial charge in [-0.15, -0.1) is 0 Å². The monoisotopic (exact) mass is 296 g/mol. The van der Waals surface area contributed by atoms with Crippen LogP contribution in [0.4, 0.5) is 0 Å². The second kappa shape index (κ2) is 8.46. The third kappa shape index (κ3) is 6.94. The fourth-order valence-electron chi connectivity index (χ4n) is 1.86. The van der Waals surface area contributed by atoms with Crippen molar-refractivity contribution < 1.29 is 19.1 Å². The maximum atomic E-state index is 11.7. The van der Waals surface area contributed by atoms with E-state index in [2.05, 4.69) is 10.6 Å². The van der Waals surface area contributed by atoms with Crippen LogP contribution >= 0.6 is 0 Å². The SMILES string of the molecule is CC(C)(CCCO)CNC(=O)CCNC(=O)c1ccoc1. The number of hydrogen-bond donors (Lipinski definition) is 3. The summed E-state index contributed by atoms with van der Waals surface area (Å²) in [5.74, 6) is -0.348. The van der Waals surface area contributed by atoms with Gasteiger partial charge in [0.15, 0.2) is 0 Å². The predicted molar refractivity (Wildman–Crippen MR) is 78.8 cm³/mol. The Hall–Kier alpha value is -1.82. The van der Waals surface area contributed by atoms with Crippen molar-refractivity contribution >= 4 is 11.8 Å². The zero-order chi connectivity index (χ0) is 15.7. The number of amides is 2. The molecule has 0 bridgehead atoms. The molecule has 1 heterocycles. The van der Waals surface area contributed by atoms with E-state index in [9.17, 15) is 9.59 Å². The van der Waals surface area contributed by atoms with Crippen LogP contribution in [0.5, 0.6) is 0 Å². The summed E-state index contributed by atoms with van der Waals surface area (Å²) >= 11 is 0. The van der Waals surface area contributed by atoms with Crippen molar-refractivity contribution in [3.05, 3.63) is 24.2 Å². The molecule has 118 valence electrons. The molecule has 1 aromatic rings. The van der Waals surface area contributed by atoms with Crippen LogP contribution in [0.15, 0.2) is 23.0 Å². The summed E-state index contributed by atoms with van der Waals surface area (Å²) in [4.78, 5) is 23.3. The number of nitrogens with one attached hydrogen (secondary N) is 2. The number of rotatable bonds is 9. The third-order valence-corrected chi connectivity index (χ3v) is 3.20. The van der Waals surface area contributed by atoms with Gasteiger partial charge in [-0.2, -0.15) is 0 Å². The van der Waals surface area contributed by atoms with Crippen LogP contribution in [0.25, 0.3) is 0 Å². The Labute approximate surface area is 124 Å². The molecule has 0 aliphatic rings. The van der Waals surface area contributed by atoms with E-state index in [-0.39, 0.29) is 36.8 Å². The van der Waals surface area contributed by atoms with Gasteiger partial charge in [-0.25, -0.2) is 0 Å². The lowest BCUT2D eigenvalue weighted by Gasteiger charge is -2.24. The van der Waals surface area contributed by atoms with E-state index in [1.165, 1.54) is 12.5 Å². The number of aliphatic hydroxyl groups excluding tert-OH is 1. The normalized spacial score (nSPS) is 11.2. The summed E-state index contributed by atoms with van der Waals surface area (Å²) in [5, 5.41) is 14.3. The number of carbonyl (C=O) groups is 2. The second-order valence-corrected chi connectivity index (χ2v) is 5.79. The summed E-state index contributed by atoms with van der Waals surface area (Å²) < 4.78 is 4.81. The minimum absolute atomic E-state index is 0.0432. The Kier molecular flexibility index (Phi) is 6.94. The summed E-state index contributed by atoms with van der Waals surface area (Å²) in [5.41, 5.74) is 0.402. The Morgan fingerprint density at radius 2 is 2.10 bits per heavy atom. The van der Waals surface area contributed by atoms with E-state index in [0.29, 0.717) is 12.1 Å². The average molecular weight is 296 g/mol. The van der Waals surface area contributed by atoms with Crippen molar-refractivity contribution in [2.75, 3.05) is 19.7 Å². The van der Waals surface area contributed by atoms with Crippen LogP contribution in [-0.2, 0) is 4.79 Å². The molecule has 0 saturated heterocycles. The van der Waals surface area contributed by atoms with Crippen molar-refractivity contribution in [1.82, 2.24) is 10.6 Å². The maximum absolute atomic E-state index is 11.7. The Morgan fingerprint density at radius 1 is 1.33 bits per heavy atom. The van der Waals surface area contributed by atoms with Crippen LogP contribution in [-0.4, -0.2) is 36.6 Å². The van der Waals surface area contributed by atoms with Gasteiger partial charge in [0, 0.05) is 26.1 Å². The van der Waals surface area contributed by atoms with Gasteiger partial charge in [-0.1, -0.05) is 13.8 Å². The first-order valence-corrected chi connectivity index (χ1v) is 7.12. The first kappa shape index (κ1) is 17.2. The smallest absolute Gasteiger partial charge is 0.254 e. The lowest BCUT2D eigenvalue weighted by Crippen LogP contribution is -2.36. The Bertz CT molecular complexity index is 441. The number of hydrogen-bond acceptors (Lipinski definition) is 4. The fourth-order valence-corrected chi connectivity index (χ4v) is 1.86. The molecule has 3 N–H and O–H groups in total. The first-order valence-electron chi connectivity index (χ1n) is 7.12. The average Bonchev–Trinajstić information content (AvgIpc) is 2.97. The zero-order valence-electron chi connectivity index (χ0n) is 12.6. The minimum atomic E-state index is -0.250. The van der Waals surface area contributed by atoms with Gasteiger partial charge < -0.3 is 20.2 Å². The second-order valence-electron chi connectivity index (χ2n) is 5.79. The van der Waals surface area contributed by atoms with Crippen LogP contribution in [0.1, 0.15) is 43.5 Å². The van der Waals surface area contributed by atoms with E-state index in [1.54, 1.807) is 6.07 Å². The predicted octanol–water partition coefficient (Wildman–Crippen LogP) is 1.31. The Morgan fingerprint density at radius 3 is 2.71 bits per heavy atom. The molecule has 6 nitrogen and oxygen atoms in total. The highest BCUT2D eigenvalue weighted by molar-refractivity contribution is 5.93. The van der Waals surface area contributed by atoms with Gasteiger partial charge in [-0.05, 0) is 24.3 Å². The van der Waals surface area contributed by atoms with Crippen molar-refractivity contribution in [1.29, 1.82) is 0 Å². The topological polar surface area (TPSA) is 91.6 Å². The van der Waals surface area contributed by atoms with Gasteiger partial charge in [0.05, 0.1) is 11.8 Å². The summed E-state index contributed by atoms with van der Waals surface area (Å²) in [6.07, 6.45) is 4.60. The molecule has 0 aromatic carbocycles. The molecule has 6 heteroatoms. The third-order valence-electron chi connectivity index (χ3n) is 3.20. The van der Waals surface area contributed by atoms with E-state index < -0.39 is 0 Å². The lowest BCUT2D eigenvalue weighted by molar-refractivity contribution is -0.121. The molecule has 0 saturated carbocycles. The molecule has 1 aromatic heterocycles. The molecule has 0 radical (unpaired) electrons. The largest absolute Gasteiger partial charge is 0.472 e. The molecule has 21 heavy (non-hydrogen) atoms. The Balaban J connectivity index is 2.18. The van der Waals surface area contributed by atoms with Crippen LogP contribution < -0.4 is 10.6 Å². The molecule has 0 spiro atoms. The molecule has 1 rings (SSSR count). The summed E-state index contributed by atoms with van der Waals surface area (Å²) in [7, 11) is 0. The van der Waals surface area contributed by atoms with Gasteiger partial charge in [0.25, 0.3) is 5.91 Å². The lowest BCUT2D eigenvalue weighted by atomic mass is 9.88. The molecule has 0 atom stereocenters. The molecule has 0 aliphatic carbocycles. The quantitative estimate of drug-likeness (QED) is 0.641. The zero-order valence-corrected chi connectivity index (χ0v) is 12.6. The van der Waals surface area contributed by atoms with Crippen molar-refractivity contribution in [2.45, 2.75) is 33.1 Å². The summed E-state index contributed by atoms with van der Waals surface area (Å²) in [6, 6.07) is 1.57. The molecule has 0 unspecified atom stereocenters. The van der Waals surface area contributed by atoms with E-state index in [4.69, 9.17) is 9.52 Å². The minimum Gasteiger partial charge on any atom is -0.472 e. The van der Waals surface area contributed by atoms with Gasteiger partial charge in [-0.3, -0.25) is 9.59 Å². The van der Waals surface area contributed by atoms with Crippen molar-refractivity contribution in [3.63, 3.8) is 0 Å². The van der Waals surface area contributed by atoms with Crippen LogP contribution in [0.3, 0.4) is 0 Å². The summed E-state index contributed by atoms with van der Waals surface area (Å²) in [6.45, 7) is 5.10. The van der Waals surface area contributed by atoms with Gasteiger partial charge in [0.1, 0.15) is 6.26 Å². The maximum Gasteiger partial charge on any atom is 0.254 e. The van der Waals surface area contributed by atoms with Crippen LogP contribution in [0, 0.1) is 5.41 Å². The van der Waals surface area contributed by atoms with Crippen LogP contribution in [0.2, 0.25) is 0 Å². The number of furan rings is 1. The standard InChI is InChI=1S/C15H24N2O4/c1-15(2,6-3-8-18)11-17-13(19)4-7-16-14(20)12-5-9-21-10-12/h5,9-10,18H,3-4,6-8,11H2,1-2H3,(H,16,20)(H,17,19). The number of aliphatic hydroxyl groups is 1. The van der Waals surface area contributed by atoms with Gasteiger partial charge >= 0.3 is 0 Å². The van der Waals surface area contributed by atoms with Crippen molar-refractivity contribution in [3.8, 4) is 0 Å². The molecular weight excluding hydrogens is 272 g/mol. The first-order chi connectivity index (χ1) is 9.94. The highest BCUT2D eigenvalue weighted by Gasteiger charge is 2.18. The van der Waals surface area contributed by atoms with E-state index in [0.717, 1.165) is 12.8 Å². The van der Waals surface area contributed by atoms with Crippen molar-refractivity contribution in [2.24, 2.45) is 5.41 Å². The number of carbonyl (C=O) groups excluding carboxylic acids is 2. The van der Waals surface area contributed by atoms with Gasteiger partial charge in [0.2, 0.25) is 5.91 Å². The molecule has 0 fully saturated rings. The fraction of sp³-hybridized carbons (Fsp3) is 0.600. The van der Waals surface area contributed by atoms with E-state index in [1.807, 2.05) is 13.8 Å². The van der Waals surface area contributed by atoms with E-state index >= 15 is 0 Å². The molecular formula is C15H24N2O4.